The molecule has 2 aliphatic carbocycles. The molecular formula is C20H29Cl2SiTi. The zero-order valence-electron chi connectivity index (χ0n) is 15.0. The van der Waals surface area contributed by atoms with E-state index in [0.717, 1.165) is 9.52 Å². The van der Waals surface area contributed by atoms with Crippen LogP contribution in [0, 0.1) is 0 Å². The predicted molar refractivity (Wildman–Crippen MR) is 96.2 cm³/mol. The van der Waals surface area contributed by atoms with Gasteiger partial charge in [0.25, 0.3) is 0 Å². The van der Waals surface area contributed by atoms with E-state index in [-0.39, 0.29) is 46.5 Å². The van der Waals surface area contributed by atoms with E-state index < -0.39 is 0 Å². The largest absolute Gasteiger partial charge is 4.00 e. The van der Waals surface area contributed by atoms with Crippen LogP contribution in [0.25, 0.3) is 0 Å². The Kier molecular flexibility index (Phi) is 17.0. The first-order valence-corrected chi connectivity index (χ1v) is 10.9. The van der Waals surface area contributed by atoms with Gasteiger partial charge >= 0.3 is 21.7 Å². The van der Waals surface area contributed by atoms with Gasteiger partial charge in [0.1, 0.15) is 0 Å². The van der Waals surface area contributed by atoms with Gasteiger partial charge in [0, 0.05) is 9.52 Å². The summed E-state index contributed by atoms with van der Waals surface area (Å²) in [6.07, 6.45) is 10.9. The third-order valence-corrected chi connectivity index (χ3v) is 4.30. The predicted octanol–water partition coefficient (Wildman–Crippen LogP) is -0.907. The summed E-state index contributed by atoms with van der Waals surface area (Å²) in [6, 6.07) is 13.4. The van der Waals surface area contributed by atoms with Gasteiger partial charge < -0.3 is 24.8 Å². The van der Waals surface area contributed by atoms with Crippen LogP contribution >= 0.6 is 0 Å². The average Bonchev–Trinajstić information content (AvgIpc) is 3.17. The van der Waals surface area contributed by atoms with E-state index >= 15 is 0 Å². The Morgan fingerprint density at radius 2 is 1.04 bits per heavy atom. The van der Waals surface area contributed by atoms with E-state index in [4.69, 9.17) is 0 Å². The summed E-state index contributed by atoms with van der Waals surface area (Å²) in [5.74, 6) is 0. The van der Waals surface area contributed by atoms with Crippen LogP contribution in [0.2, 0.25) is 13.1 Å². The zero-order valence-corrected chi connectivity index (χ0v) is 19.2. The SMILES string of the molecule is C[SiH]C.[Cl-].[Cl-].[Ti+4].c1cc2c([cH-]1)CCCC2.c1cc2c([cH-]1)CCCC2. The first-order valence-electron chi connectivity index (χ1n) is 8.56. The second-order valence-corrected chi connectivity index (χ2v) is 7.30. The summed E-state index contributed by atoms with van der Waals surface area (Å²) in [5, 5.41) is 0. The molecule has 0 atom stereocenters. The maximum atomic E-state index is 2.26. The van der Waals surface area contributed by atoms with Gasteiger partial charge in [-0.2, -0.15) is 46.5 Å². The van der Waals surface area contributed by atoms with E-state index in [0.29, 0.717) is 0 Å². The fourth-order valence-electron chi connectivity index (χ4n) is 3.23. The van der Waals surface area contributed by atoms with Gasteiger partial charge in [-0.3, -0.25) is 0 Å². The minimum atomic E-state index is 0. The Hall–Kier alpha value is 0.211. The van der Waals surface area contributed by atoms with Crippen LogP contribution in [-0.4, -0.2) is 9.52 Å². The van der Waals surface area contributed by atoms with Gasteiger partial charge in [0.05, 0.1) is 0 Å². The molecule has 0 saturated heterocycles. The van der Waals surface area contributed by atoms with Crippen LogP contribution in [0.4, 0.5) is 0 Å². The molecule has 131 valence electrons. The molecule has 2 aromatic rings. The quantitative estimate of drug-likeness (QED) is 0.386. The van der Waals surface area contributed by atoms with E-state index in [1.807, 2.05) is 0 Å². The Morgan fingerprint density at radius 3 is 1.38 bits per heavy atom. The smallest absolute Gasteiger partial charge is 1.00 e. The van der Waals surface area contributed by atoms with E-state index in [1.165, 1.54) is 51.4 Å². The van der Waals surface area contributed by atoms with E-state index in [9.17, 15) is 0 Å². The van der Waals surface area contributed by atoms with Gasteiger partial charge in [-0.1, -0.05) is 64.5 Å². The fourth-order valence-corrected chi connectivity index (χ4v) is 3.23. The number of hydrogen-bond donors (Lipinski definition) is 0. The summed E-state index contributed by atoms with van der Waals surface area (Å²) in [6.45, 7) is 4.42. The molecule has 0 heterocycles. The minimum absolute atomic E-state index is 0. The van der Waals surface area contributed by atoms with Gasteiger partial charge in [0.2, 0.25) is 0 Å². The zero-order chi connectivity index (χ0) is 14.9. The van der Waals surface area contributed by atoms with Crippen LogP contribution in [0.1, 0.15) is 47.9 Å². The van der Waals surface area contributed by atoms with Crippen molar-refractivity contribution in [3.05, 3.63) is 58.7 Å². The molecule has 0 saturated carbocycles. The second kappa shape index (κ2) is 15.5. The monoisotopic (exact) mass is 415 g/mol. The Labute approximate surface area is 178 Å². The molecule has 0 unspecified atom stereocenters. The number of rotatable bonds is 0. The molecular weight excluding hydrogens is 387 g/mol. The Morgan fingerprint density at radius 1 is 0.708 bits per heavy atom. The topological polar surface area (TPSA) is 0 Å². The Bertz CT molecular complexity index is 432. The minimum Gasteiger partial charge on any atom is -1.00 e. The number of hydrogen-bond acceptors (Lipinski definition) is 0. The average molecular weight is 416 g/mol. The van der Waals surface area contributed by atoms with Crippen molar-refractivity contribution in [3.8, 4) is 0 Å². The van der Waals surface area contributed by atoms with Gasteiger partial charge in [-0.05, 0) is 0 Å². The normalized spacial score (nSPS) is 13.8. The summed E-state index contributed by atoms with van der Waals surface area (Å²) >= 11 is 0. The van der Waals surface area contributed by atoms with Gasteiger partial charge in [-0.15, -0.1) is 0 Å². The maximum Gasteiger partial charge on any atom is 4.00 e. The molecule has 0 fully saturated rings. The first kappa shape index (κ1) is 26.4. The van der Waals surface area contributed by atoms with Crippen molar-refractivity contribution in [3.63, 3.8) is 0 Å². The van der Waals surface area contributed by atoms with Crippen LogP contribution in [0.15, 0.2) is 36.4 Å². The second-order valence-electron chi connectivity index (χ2n) is 6.14. The summed E-state index contributed by atoms with van der Waals surface area (Å²) in [7, 11) is 0.750. The molecule has 4 heteroatoms. The van der Waals surface area contributed by atoms with Crippen LogP contribution in [-0.2, 0) is 47.4 Å². The molecule has 24 heavy (non-hydrogen) atoms. The van der Waals surface area contributed by atoms with Gasteiger partial charge in [0.15, 0.2) is 0 Å². The number of fused-ring (bicyclic) bond motifs is 2. The fraction of sp³-hybridized carbons (Fsp3) is 0.500. The molecule has 2 aliphatic rings. The standard InChI is InChI=1S/2C9H11.C2H7Si.2ClH.Ti/c2*1-2-5-9-7-3-6-8(9)4-1;1-3-2;;;/h2*3,6-7H,1-2,4-5H2;3H,1-2H3;2*1H;/q2*-1;;;;+4/p-2. The van der Waals surface area contributed by atoms with Crippen molar-refractivity contribution in [2.24, 2.45) is 0 Å². The van der Waals surface area contributed by atoms with Crippen LogP contribution in [0.5, 0.6) is 0 Å². The van der Waals surface area contributed by atoms with Crippen LogP contribution < -0.4 is 24.8 Å². The molecule has 0 N–H and O–H groups in total. The molecule has 0 aromatic heterocycles. The van der Waals surface area contributed by atoms with Crippen molar-refractivity contribution in [2.45, 2.75) is 64.5 Å². The number of aryl methyl sites for hydroxylation is 4. The van der Waals surface area contributed by atoms with Crippen molar-refractivity contribution < 1.29 is 46.5 Å². The summed E-state index contributed by atoms with van der Waals surface area (Å²) < 4.78 is 0. The summed E-state index contributed by atoms with van der Waals surface area (Å²) in [4.78, 5) is 0. The maximum absolute atomic E-state index is 2.26. The van der Waals surface area contributed by atoms with E-state index in [1.54, 1.807) is 22.3 Å². The Balaban J connectivity index is 0. The molecule has 0 bridgehead atoms. The van der Waals surface area contributed by atoms with Crippen molar-refractivity contribution >= 4 is 9.52 Å². The van der Waals surface area contributed by atoms with Gasteiger partial charge in [-0.25, -0.2) is 12.1 Å². The molecule has 4 rings (SSSR count). The van der Waals surface area contributed by atoms with Crippen molar-refractivity contribution in [1.29, 1.82) is 0 Å². The molecule has 0 aliphatic heterocycles. The van der Waals surface area contributed by atoms with E-state index in [2.05, 4.69) is 49.5 Å². The molecule has 2 aromatic carbocycles. The molecule has 0 nitrogen and oxygen atoms in total. The van der Waals surface area contributed by atoms with Crippen molar-refractivity contribution in [1.82, 2.24) is 0 Å². The summed E-state index contributed by atoms with van der Waals surface area (Å²) in [5.41, 5.74) is 6.39. The first-order chi connectivity index (χ1) is 10.3. The third kappa shape index (κ3) is 8.54. The molecule has 0 spiro atoms. The molecule has 1 radical (unpaired) electrons. The number of halogens is 2. The van der Waals surface area contributed by atoms with Crippen LogP contribution in [0.3, 0.4) is 0 Å². The molecule has 0 amide bonds. The third-order valence-electron chi connectivity index (χ3n) is 4.30. The van der Waals surface area contributed by atoms with Crippen molar-refractivity contribution in [2.75, 3.05) is 0 Å².